The highest BCUT2D eigenvalue weighted by atomic mass is 16.5. The summed E-state index contributed by atoms with van der Waals surface area (Å²) in [5.41, 5.74) is 12.3. The molecule has 4 aromatic rings. The zero-order valence-electron chi connectivity index (χ0n) is 17.6. The van der Waals surface area contributed by atoms with Gasteiger partial charge < -0.3 is 20.8 Å². The summed E-state index contributed by atoms with van der Waals surface area (Å²) in [6, 6.07) is 9.75. The van der Waals surface area contributed by atoms with Crippen LogP contribution < -0.4 is 11.1 Å². The van der Waals surface area contributed by atoms with E-state index in [1.807, 2.05) is 30.5 Å². The topological polar surface area (TPSA) is 126 Å². The third kappa shape index (κ3) is 4.30. The van der Waals surface area contributed by atoms with E-state index in [2.05, 4.69) is 38.2 Å². The molecule has 0 aliphatic heterocycles. The smallest absolute Gasteiger partial charge is 0.157 e. The molecular weight excluding hydrogens is 390 g/mol. The number of H-pyrrole nitrogens is 1. The minimum Gasteiger partial charge on any atom is -0.383 e. The van der Waals surface area contributed by atoms with Gasteiger partial charge >= 0.3 is 0 Å². The maximum absolute atomic E-state index is 8.74. The fourth-order valence-corrected chi connectivity index (χ4v) is 3.45. The van der Waals surface area contributed by atoms with Crippen LogP contribution in [0.15, 0.2) is 48.9 Å². The molecular formula is C23H25N7O. The molecule has 0 unspecified atom stereocenters. The molecule has 0 spiro atoms. The van der Waals surface area contributed by atoms with Gasteiger partial charge in [0.15, 0.2) is 5.82 Å². The van der Waals surface area contributed by atoms with E-state index in [4.69, 9.17) is 15.9 Å². The minimum absolute atomic E-state index is 0.184. The van der Waals surface area contributed by atoms with Crippen molar-refractivity contribution in [2.75, 3.05) is 19.4 Å². The zero-order valence-corrected chi connectivity index (χ0v) is 17.6. The van der Waals surface area contributed by atoms with Crippen LogP contribution in [0.25, 0.3) is 22.2 Å². The summed E-state index contributed by atoms with van der Waals surface area (Å²) >= 11 is 0. The number of aromatic nitrogens is 4. The lowest BCUT2D eigenvalue weighted by atomic mass is 10.0. The highest BCUT2D eigenvalue weighted by Crippen LogP contribution is 2.25. The summed E-state index contributed by atoms with van der Waals surface area (Å²) in [6.07, 6.45) is 5.33. The molecule has 8 heteroatoms. The van der Waals surface area contributed by atoms with Gasteiger partial charge in [0.05, 0.1) is 17.6 Å². The second-order valence-electron chi connectivity index (χ2n) is 7.23. The molecule has 3 aromatic heterocycles. The Labute approximate surface area is 180 Å². The monoisotopic (exact) mass is 415 g/mol. The average Bonchev–Trinajstić information content (AvgIpc) is 3.23. The summed E-state index contributed by atoms with van der Waals surface area (Å²) in [4.78, 5) is 16.5. The number of ether oxygens (including phenoxy) is 1. The molecule has 0 aliphatic carbocycles. The Kier molecular flexibility index (Phi) is 6.01. The van der Waals surface area contributed by atoms with Crippen LogP contribution in [0.1, 0.15) is 29.4 Å². The third-order valence-electron chi connectivity index (χ3n) is 5.03. The lowest BCUT2D eigenvalue weighted by Crippen LogP contribution is -2.12. The Morgan fingerprint density at radius 3 is 2.84 bits per heavy atom. The number of hydrogen-bond donors (Lipinski definition) is 4. The Morgan fingerprint density at radius 2 is 2.03 bits per heavy atom. The fraction of sp³-hybridized carbons (Fsp3) is 0.217. The van der Waals surface area contributed by atoms with Crippen LogP contribution in [-0.4, -0.2) is 39.3 Å². The molecule has 1 aromatic carbocycles. The van der Waals surface area contributed by atoms with Crippen molar-refractivity contribution < 1.29 is 4.74 Å². The summed E-state index contributed by atoms with van der Waals surface area (Å²) in [6.45, 7) is 4.14. The number of nitrogen functional groups attached to an aromatic ring is 1. The quantitative estimate of drug-likeness (QED) is 0.327. The van der Waals surface area contributed by atoms with Crippen molar-refractivity contribution in [1.82, 2.24) is 25.3 Å². The van der Waals surface area contributed by atoms with Gasteiger partial charge in [0.25, 0.3) is 0 Å². The summed E-state index contributed by atoms with van der Waals surface area (Å²) in [7, 11) is 1.65. The third-order valence-corrected chi connectivity index (χ3v) is 5.03. The molecule has 4 rings (SSSR count). The molecule has 0 fully saturated rings. The van der Waals surface area contributed by atoms with Crippen LogP contribution in [0.2, 0.25) is 0 Å². The summed E-state index contributed by atoms with van der Waals surface area (Å²) < 4.78 is 5.26. The highest BCUT2D eigenvalue weighted by molar-refractivity contribution is 6.12. The van der Waals surface area contributed by atoms with E-state index in [0.29, 0.717) is 18.0 Å². The first kappa shape index (κ1) is 20.6. The first-order chi connectivity index (χ1) is 15.1. The standard InChI is InChI=1S/C23H25N7O/c1-3-26-9-14-7-16(11-27-10-14)17-8-18(22(25)28-12-17)20(24)23-29-19-6-4-5-15(13-31-2)21(19)30-23/h4-8,10-12,24,26H,3,9,13H2,1-2H3,(H2,25,28)(H,29,30). The summed E-state index contributed by atoms with van der Waals surface area (Å²) in [5, 5.41) is 12.0. The van der Waals surface area contributed by atoms with Gasteiger partial charge in [-0.25, -0.2) is 9.97 Å². The normalized spacial score (nSPS) is 11.2. The Balaban J connectivity index is 1.70. The van der Waals surface area contributed by atoms with Gasteiger partial charge in [-0.3, -0.25) is 10.4 Å². The van der Waals surface area contributed by atoms with Crippen molar-refractivity contribution in [3.05, 3.63) is 71.4 Å². The number of rotatable bonds is 8. The van der Waals surface area contributed by atoms with Crippen molar-refractivity contribution in [2.24, 2.45) is 0 Å². The number of fused-ring (bicyclic) bond motifs is 1. The van der Waals surface area contributed by atoms with E-state index in [0.717, 1.165) is 46.4 Å². The number of aromatic amines is 1. The van der Waals surface area contributed by atoms with Crippen molar-refractivity contribution in [2.45, 2.75) is 20.1 Å². The van der Waals surface area contributed by atoms with E-state index in [-0.39, 0.29) is 11.5 Å². The molecule has 8 nitrogen and oxygen atoms in total. The van der Waals surface area contributed by atoms with E-state index in [1.54, 1.807) is 19.5 Å². The molecule has 3 heterocycles. The van der Waals surface area contributed by atoms with E-state index >= 15 is 0 Å². The first-order valence-electron chi connectivity index (χ1n) is 10.1. The molecule has 0 bridgehead atoms. The lowest BCUT2D eigenvalue weighted by molar-refractivity contribution is 0.186. The average molecular weight is 416 g/mol. The van der Waals surface area contributed by atoms with Crippen LogP contribution in [-0.2, 0) is 17.9 Å². The molecule has 0 saturated heterocycles. The van der Waals surface area contributed by atoms with Gasteiger partial charge in [0, 0.05) is 54.5 Å². The maximum atomic E-state index is 8.74. The lowest BCUT2D eigenvalue weighted by Gasteiger charge is -2.09. The van der Waals surface area contributed by atoms with Gasteiger partial charge in [0.2, 0.25) is 0 Å². The number of pyridine rings is 2. The predicted octanol–water partition coefficient (Wildman–Crippen LogP) is 3.27. The second-order valence-corrected chi connectivity index (χ2v) is 7.23. The predicted molar refractivity (Wildman–Crippen MR) is 122 cm³/mol. The van der Waals surface area contributed by atoms with Gasteiger partial charge in [0.1, 0.15) is 11.5 Å². The number of benzene rings is 1. The van der Waals surface area contributed by atoms with E-state index in [1.165, 1.54) is 0 Å². The second kappa shape index (κ2) is 9.03. The van der Waals surface area contributed by atoms with Gasteiger partial charge in [-0.2, -0.15) is 0 Å². The molecule has 0 saturated carbocycles. The highest BCUT2D eigenvalue weighted by Gasteiger charge is 2.16. The molecule has 0 atom stereocenters. The van der Waals surface area contributed by atoms with Crippen LogP contribution >= 0.6 is 0 Å². The molecule has 31 heavy (non-hydrogen) atoms. The largest absolute Gasteiger partial charge is 0.383 e. The van der Waals surface area contributed by atoms with Gasteiger partial charge in [-0.1, -0.05) is 19.1 Å². The van der Waals surface area contributed by atoms with Crippen molar-refractivity contribution >= 4 is 22.6 Å². The van der Waals surface area contributed by atoms with Crippen molar-refractivity contribution in [3.63, 3.8) is 0 Å². The Bertz CT molecular complexity index is 1230. The number of imidazole rings is 1. The number of hydrogen-bond acceptors (Lipinski definition) is 7. The molecule has 0 aliphatic rings. The minimum atomic E-state index is 0.184. The number of nitrogens with two attached hydrogens (primary N) is 1. The van der Waals surface area contributed by atoms with E-state index < -0.39 is 0 Å². The zero-order chi connectivity index (χ0) is 21.8. The maximum Gasteiger partial charge on any atom is 0.157 e. The van der Waals surface area contributed by atoms with Crippen LogP contribution in [0.5, 0.6) is 0 Å². The molecule has 158 valence electrons. The van der Waals surface area contributed by atoms with Crippen LogP contribution in [0.3, 0.4) is 0 Å². The van der Waals surface area contributed by atoms with Crippen LogP contribution in [0, 0.1) is 5.41 Å². The Morgan fingerprint density at radius 1 is 1.19 bits per heavy atom. The number of anilines is 1. The number of para-hydroxylation sites is 1. The number of nitrogens with one attached hydrogen (secondary N) is 3. The van der Waals surface area contributed by atoms with Crippen LogP contribution in [0.4, 0.5) is 5.82 Å². The van der Waals surface area contributed by atoms with Crippen molar-refractivity contribution in [1.29, 1.82) is 5.41 Å². The van der Waals surface area contributed by atoms with Gasteiger partial charge in [-0.05, 0) is 30.3 Å². The summed E-state index contributed by atoms with van der Waals surface area (Å²) in [5.74, 6) is 0.714. The Hall–Kier alpha value is -3.62. The number of nitrogens with zero attached hydrogens (tertiary/aromatic N) is 3. The number of methoxy groups -OCH3 is 1. The first-order valence-corrected chi connectivity index (χ1v) is 10.1. The van der Waals surface area contributed by atoms with Crippen molar-refractivity contribution in [3.8, 4) is 11.1 Å². The SMILES string of the molecule is CCNCc1cncc(-c2cnc(N)c(C(=N)c3nc4c(COC)cccc4[nH]3)c2)c1. The van der Waals surface area contributed by atoms with Gasteiger partial charge in [-0.15, -0.1) is 0 Å². The molecule has 0 radical (unpaired) electrons. The fourth-order valence-electron chi connectivity index (χ4n) is 3.45. The van der Waals surface area contributed by atoms with E-state index in [9.17, 15) is 0 Å². The molecule has 0 amide bonds. The molecule has 5 N–H and O–H groups in total.